The van der Waals surface area contributed by atoms with Gasteiger partial charge in [0.05, 0.1) is 7.11 Å². The highest BCUT2D eigenvalue weighted by atomic mass is 79.9. The predicted molar refractivity (Wildman–Crippen MR) is 78.9 cm³/mol. The fourth-order valence-corrected chi connectivity index (χ4v) is 2.01. The van der Waals surface area contributed by atoms with Gasteiger partial charge in [-0.2, -0.15) is 4.98 Å². The zero-order valence-electron chi connectivity index (χ0n) is 10.9. The number of hydrogen-bond acceptors (Lipinski definition) is 6. The lowest BCUT2D eigenvalue weighted by Crippen LogP contribution is -1.86. The SMILES string of the molecule is COc1ccc(-c2nc(-c3ccc(Br)cn3)no2)cc1O. The monoisotopic (exact) mass is 347 g/mol. The van der Waals surface area contributed by atoms with E-state index in [1.165, 1.54) is 13.2 Å². The van der Waals surface area contributed by atoms with Crippen LogP contribution in [0.25, 0.3) is 23.0 Å². The average Bonchev–Trinajstić information content (AvgIpc) is 2.98. The van der Waals surface area contributed by atoms with Gasteiger partial charge < -0.3 is 14.4 Å². The highest BCUT2D eigenvalue weighted by Crippen LogP contribution is 2.31. The number of pyridine rings is 1. The van der Waals surface area contributed by atoms with Crippen molar-refractivity contribution in [2.24, 2.45) is 0 Å². The maximum absolute atomic E-state index is 9.77. The number of methoxy groups -OCH3 is 1. The van der Waals surface area contributed by atoms with Crippen LogP contribution in [-0.4, -0.2) is 27.3 Å². The maximum Gasteiger partial charge on any atom is 0.258 e. The van der Waals surface area contributed by atoms with Crippen molar-refractivity contribution in [3.05, 3.63) is 41.0 Å². The van der Waals surface area contributed by atoms with Gasteiger partial charge in [0.15, 0.2) is 11.5 Å². The number of nitrogens with zero attached hydrogens (tertiary/aromatic N) is 3. The molecule has 2 heterocycles. The van der Waals surface area contributed by atoms with Gasteiger partial charge in [-0.15, -0.1) is 0 Å². The van der Waals surface area contributed by atoms with Gasteiger partial charge in [0.25, 0.3) is 5.89 Å². The summed E-state index contributed by atoms with van der Waals surface area (Å²) in [4.78, 5) is 8.47. The lowest BCUT2D eigenvalue weighted by molar-refractivity contribution is 0.373. The molecule has 0 aliphatic carbocycles. The third-order valence-electron chi connectivity index (χ3n) is 2.81. The Labute approximate surface area is 128 Å². The molecule has 3 aromatic rings. The fraction of sp³-hybridized carbons (Fsp3) is 0.0714. The molecule has 0 saturated carbocycles. The average molecular weight is 348 g/mol. The summed E-state index contributed by atoms with van der Waals surface area (Å²) in [5.74, 6) is 1.07. The first kappa shape index (κ1) is 13.6. The largest absolute Gasteiger partial charge is 0.504 e. The molecule has 6 nitrogen and oxygen atoms in total. The lowest BCUT2D eigenvalue weighted by Gasteiger charge is -2.03. The molecule has 21 heavy (non-hydrogen) atoms. The van der Waals surface area contributed by atoms with Crippen LogP contribution >= 0.6 is 15.9 Å². The minimum absolute atomic E-state index is 0.0107. The van der Waals surface area contributed by atoms with Crippen molar-refractivity contribution in [2.75, 3.05) is 7.11 Å². The number of halogens is 1. The number of hydrogen-bond donors (Lipinski definition) is 1. The zero-order chi connectivity index (χ0) is 14.8. The molecule has 0 aliphatic heterocycles. The summed E-state index contributed by atoms with van der Waals surface area (Å²) < 4.78 is 11.1. The first-order valence-corrected chi connectivity index (χ1v) is 6.79. The van der Waals surface area contributed by atoms with E-state index in [9.17, 15) is 5.11 Å². The molecule has 0 amide bonds. The van der Waals surface area contributed by atoms with Crippen LogP contribution in [0.2, 0.25) is 0 Å². The Morgan fingerprint density at radius 3 is 2.76 bits per heavy atom. The Kier molecular flexibility index (Phi) is 3.57. The van der Waals surface area contributed by atoms with Gasteiger partial charge in [0.1, 0.15) is 5.69 Å². The first-order chi connectivity index (χ1) is 10.2. The van der Waals surface area contributed by atoms with Crippen LogP contribution in [0.15, 0.2) is 45.5 Å². The minimum Gasteiger partial charge on any atom is -0.504 e. The van der Waals surface area contributed by atoms with E-state index in [-0.39, 0.29) is 5.75 Å². The van der Waals surface area contributed by atoms with Crippen LogP contribution in [0.5, 0.6) is 11.5 Å². The summed E-state index contributed by atoms with van der Waals surface area (Å²) in [7, 11) is 1.48. The predicted octanol–water partition coefficient (Wildman–Crippen LogP) is 3.28. The minimum atomic E-state index is 0.0107. The molecule has 1 N–H and O–H groups in total. The second-order valence-electron chi connectivity index (χ2n) is 4.17. The van der Waals surface area contributed by atoms with E-state index in [1.807, 2.05) is 6.07 Å². The molecule has 0 aliphatic rings. The molecule has 0 bridgehead atoms. The molecule has 0 radical (unpaired) electrons. The highest BCUT2D eigenvalue weighted by molar-refractivity contribution is 9.10. The quantitative estimate of drug-likeness (QED) is 0.782. The molecule has 1 aromatic carbocycles. The van der Waals surface area contributed by atoms with E-state index in [1.54, 1.807) is 24.4 Å². The molecule has 0 saturated heterocycles. The zero-order valence-corrected chi connectivity index (χ0v) is 12.5. The van der Waals surface area contributed by atoms with Gasteiger partial charge in [0, 0.05) is 16.2 Å². The van der Waals surface area contributed by atoms with Crippen molar-refractivity contribution in [3.8, 4) is 34.5 Å². The Bertz CT molecular complexity index is 771. The normalized spacial score (nSPS) is 10.6. The Hall–Kier alpha value is -2.41. The number of benzene rings is 1. The van der Waals surface area contributed by atoms with Crippen LogP contribution in [0.3, 0.4) is 0 Å². The summed E-state index contributed by atoms with van der Waals surface area (Å²) in [5.41, 5.74) is 1.20. The summed E-state index contributed by atoms with van der Waals surface area (Å²) in [5, 5.41) is 13.7. The van der Waals surface area contributed by atoms with E-state index in [4.69, 9.17) is 9.26 Å². The van der Waals surface area contributed by atoms with Crippen molar-refractivity contribution in [1.82, 2.24) is 15.1 Å². The standard InChI is InChI=1S/C14H10BrN3O3/c1-20-12-5-2-8(6-11(12)19)14-17-13(18-21-14)10-4-3-9(15)7-16-10/h2-7,19H,1H3. The molecule has 7 heteroatoms. The third kappa shape index (κ3) is 2.73. The molecule has 0 atom stereocenters. The van der Waals surface area contributed by atoms with Crippen LogP contribution in [0, 0.1) is 0 Å². The second kappa shape index (κ2) is 5.53. The van der Waals surface area contributed by atoms with Gasteiger partial charge in [-0.05, 0) is 46.3 Å². The molecule has 2 aromatic heterocycles. The second-order valence-corrected chi connectivity index (χ2v) is 5.09. The Morgan fingerprint density at radius 1 is 1.24 bits per heavy atom. The fourth-order valence-electron chi connectivity index (χ4n) is 1.78. The van der Waals surface area contributed by atoms with Gasteiger partial charge in [-0.1, -0.05) is 5.16 Å². The van der Waals surface area contributed by atoms with Crippen LogP contribution in [0.4, 0.5) is 0 Å². The molecular formula is C14H10BrN3O3. The van der Waals surface area contributed by atoms with Crippen LogP contribution < -0.4 is 4.74 Å². The van der Waals surface area contributed by atoms with E-state index in [2.05, 4.69) is 31.1 Å². The number of phenolic OH excluding ortho intramolecular Hbond substituents is 1. The summed E-state index contributed by atoms with van der Waals surface area (Å²) in [6.45, 7) is 0. The first-order valence-electron chi connectivity index (χ1n) is 6.00. The lowest BCUT2D eigenvalue weighted by atomic mass is 10.2. The number of rotatable bonds is 3. The van der Waals surface area contributed by atoms with Crippen molar-refractivity contribution in [3.63, 3.8) is 0 Å². The molecule has 106 valence electrons. The van der Waals surface area contributed by atoms with Gasteiger partial charge >= 0.3 is 0 Å². The molecule has 0 unspecified atom stereocenters. The number of aromatic nitrogens is 3. The highest BCUT2D eigenvalue weighted by Gasteiger charge is 2.13. The summed E-state index contributed by atoms with van der Waals surface area (Å²) in [6.07, 6.45) is 1.66. The van der Waals surface area contributed by atoms with Gasteiger partial charge in [-0.3, -0.25) is 4.98 Å². The van der Waals surface area contributed by atoms with Gasteiger partial charge in [-0.25, -0.2) is 0 Å². The molecular weight excluding hydrogens is 338 g/mol. The number of ether oxygens (including phenoxy) is 1. The molecule has 3 rings (SSSR count). The van der Waals surface area contributed by atoms with Gasteiger partial charge in [0.2, 0.25) is 5.82 Å². The third-order valence-corrected chi connectivity index (χ3v) is 3.28. The topological polar surface area (TPSA) is 81.3 Å². The van der Waals surface area contributed by atoms with Crippen molar-refractivity contribution < 1.29 is 14.4 Å². The van der Waals surface area contributed by atoms with E-state index in [0.717, 1.165) is 4.47 Å². The Morgan fingerprint density at radius 2 is 2.10 bits per heavy atom. The van der Waals surface area contributed by atoms with E-state index >= 15 is 0 Å². The Balaban J connectivity index is 1.94. The number of phenols is 1. The maximum atomic E-state index is 9.77. The van der Waals surface area contributed by atoms with E-state index in [0.29, 0.717) is 28.7 Å². The van der Waals surface area contributed by atoms with Crippen molar-refractivity contribution in [2.45, 2.75) is 0 Å². The number of aromatic hydroxyl groups is 1. The summed E-state index contributed by atoms with van der Waals surface area (Å²) >= 11 is 3.32. The molecule has 0 spiro atoms. The molecule has 0 fully saturated rings. The van der Waals surface area contributed by atoms with Crippen LogP contribution in [-0.2, 0) is 0 Å². The smallest absolute Gasteiger partial charge is 0.258 e. The van der Waals surface area contributed by atoms with Crippen molar-refractivity contribution >= 4 is 15.9 Å². The van der Waals surface area contributed by atoms with Crippen molar-refractivity contribution in [1.29, 1.82) is 0 Å². The summed E-state index contributed by atoms with van der Waals surface area (Å²) in [6, 6.07) is 8.49. The van der Waals surface area contributed by atoms with E-state index < -0.39 is 0 Å². The van der Waals surface area contributed by atoms with Crippen LogP contribution in [0.1, 0.15) is 0 Å².